The molecule has 1 amide bonds. The van der Waals surface area contributed by atoms with E-state index in [4.69, 9.17) is 4.74 Å². The zero-order chi connectivity index (χ0) is 16.7. The molecule has 120 valence electrons. The van der Waals surface area contributed by atoms with Gasteiger partial charge in [-0.05, 0) is 41.8 Å². The van der Waals surface area contributed by atoms with Crippen LogP contribution in [0.3, 0.4) is 0 Å². The summed E-state index contributed by atoms with van der Waals surface area (Å²) >= 11 is 0. The van der Waals surface area contributed by atoms with Crippen molar-refractivity contribution in [2.45, 2.75) is 6.42 Å². The van der Waals surface area contributed by atoms with Crippen LogP contribution >= 0.6 is 0 Å². The van der Waals surface area contributed by atoms with Crippen LogP contribution in [0.4, 0.5) is 0 Å². The molecule has 0 aliphatic heterocycles. The number of phenols is 1. The van der Waals surface area contributed by atoms with E-state index in [2.05, 4.69) is 4.98 Å². The van der Waals surface area contributed by atoms with E-state index < -0.39 is 0 Å². The molecule has 1 heterocycles. The van der Waals surface area contributed by atoms with Gasteiger partial charge in [0, 0.05) is 32.1 Å². The number of hydrogen-bond donors (Lipinski definition) is 1. The average molecular weight is 312 g/mol. The molecule has 2 rings (SSSR count). The van der Waals surface area contributed by atoms with E-state index in [1.165, 1.54) is 13.2 Å². The minimum Gasteiger partial charge on any atom is -0.504 e. The van der Waals surface area contributed by atoms with Gasteiger partial charge in [-0.15, -0.1) is 0 Å². The zero-order valence-electron chi connectivity index (χ0n) is 13.3. The molecule has 0 saturated heterocycles. The first-order valence-electron chi connectivity index (χ1n) is 7.29. The molecule has 0 unspecified atom stereocenters. The smallest absolute Gasteiger partial charge is 0.246 e. The third kappa shape index (κ3) is 4.85. The van der Waals surface area contributed by atoms with Crippen molar-refractivity contribution in [2.24, 2.45) is 0 Å². The molecule has 23 heavy (non-hydrogen) atoms. The molecule has 0 atom stereocenters. The van der Waals surface area contributed by atoms with E-state index in [0.29, 0.717) is 18.7 Å². The number of pyridine rings is 1. The Morgan fingerprint density at radius 3 is 2.87 bits per heavy atom. The molecule has 0 radical (unpaired) electrons. The first-order chi connectivity index (χ1) is 11.1. The number of amides is 1. The second-order valence-corrected chi connectivity index (χ2v) is 5.14. The molecule has 0 aliphatic rings. The largest absolute Gasteiger partial charge is 0.504 e. The second-order valence-electron chi connectivity index (χ2n) is 5.14. The summed E-state index contributed by atoms with van der Waals surface area (Å²) in [6, 6.07) is 8.96. The number of aromatic hydroxyl groups is 1. The van der Waals surface area contributed by atoms with Gasteiger partial charge in [-0.25, -0.2) is 0 Å². The van der Waals surface area contributed by atoms with Gasteiger partial charge in [0.15, 0.2) is 11.5 Å². The van der Waals surface area contributed by atoms with Crippen LogP contribution < -0.4 is 4.74 Å². The Morgan fingerprint density at radius 1 is 1.39 bits per heavy atom. The molecule has 0 saturated carbocycles. The van der Waals surface area contributed by atoms with Crippen molar-refractivity contribution in [1.82, 2.24) is 9.88 Å². The number of rotatable bonds is 6. The van der Waals surface area contributed by atoms with Gasteiger partial charge in [0.2, 0.25) is 5.91 Å². The van der Waals surface area contributed by atoms with E-state index in [1.807, 2.05) is 18.2 Å². The number of phenolic OH excluding ortho intramolecular Hbond substituents is 1. The number of hydrogen-bond acceptors (Lipinski definition) is 4. The number of nitrogens with zero attached hydrogens (tertiary/aromatic N) is 2. The maximum absolute atomic E-state index is 12.1. The second kappa shape index (κ2) is 7.98. The van der Waals surface area contributed by atoms with Crippen molar-refractivity contribution in [3.05, 3.63) is 59.9 Å². The molecule has 0 aliphatic carbocycles. The standard InChI is InChI=1S/C18H20N2O3/c1-20(18(22)8-6-15-4-3-10-19-13-15)11-9-14-5-7-17(23-2)16(21)12-14/h3-8,10,12-13,21H,9,11H2,1-2H3. The van der Waals surface area contributed by atoms with Crippen LogP contribution in [0.25, 0.3) is 6.08 Å². The Balaban J connectivity index is 1.89. The highest BCUT2D eigenvalue weighted by Gasteiger charge is 2.07. The number of likely N-dealkylation sites (N-methyl/N-ethyl adjacent to an activating group) is 1. The van der Waals surface area contributed by atoms with Gasteiger partial charge in [0.25, 0.3) is 0 Å². The number of methoxy groups -OCH3 is 1. The van der Waals surface area contributed by atoms with E-state index in [9.17, 15) is 9.90 Å². The molecule has 1 aromatic carbocycles. The lowest BCUT2D eigenvalue weighted by atomic mass is 10.1. The molecular weight excluding hydrogens is 292 g/mol. The fourth-order valence-electron chi connectivity index (χ4n) is 2.07. The summed E-state index contributed by atoms with van der Waals surface area (Å²) in [6.45, 7) is 0.558. The fourth-order valence-corrected chi connectivity index (χ4v) is 2.07. The maximum atomic E-state index is 12.1. The van der Waals surface area contributed by atoms with Crippen LogP contribution in [0.5, 0.6) is 11.5 Å². The summed E-state index contributed by atoms with van der Waals surface area (Å²) in [5.74, 6) is 0.472. The summed E-state index contributed by atoms with van der Waals surface area (Å²) in [6.07, 6.45) is 7.31. The molecule has 5 heteroatoms. The van der Waals surface area contributed by atoms with Crippen molar-refractivity contribution in [2.75, 3.05) is 20.7 Å². The lowest BCUT2D eigenvalue weighted by molar-refractivity contribution is -0.124. The quantitative estimate of drug-likeness (QED) is 0.833. The average Bonchev–Trinajstić information content (AvgIpc) is 2.58. The highest BCUT2D eigenvalue weighted by atomic mass is 16.5. The molecule has 2 aromatic rings. The monoisotopic (exact) mass is 312 g/mol. The van der Waals surface area contributed by atoms with Crippen LogP contribution in [0.2, 0.25) is 0 Å². The third-order valence-electron chi connectivity index (χ3n) is 3.46. The molecular formula is C18H20N2O3. The molecule has 0 spiro atoms. The lowest BCUT2D eigenvalue weighted by Crippen LogP contribution is -2.27. The minimum absolute atomic E-state index is 0.0772. The zero-order valence-corrected chi connectivity index (χ0v) is 13.3. The SMILES string of the molecule is COc1ccc(CCN(C)C(=O)C=Cc2cccnc2)cc1O. The van der Waals surface area contributed by atoms with Crippen molar-refractivity contribution >= 4 is 12.0 Å². The number of benzene rings is 1. The van der Waals surface area contributed by atoms with Gasteiger partial charge in [0.05, 0.1) is 7.11 Å². The van der Waals surface area contributed by atoms with Gasteiger partial charge < -0.3 is 14.7 Å². The van der Waals surface area contributed by atoms with Crippen LogP contribution in [-0.2, 0) is 11.2 Å². The first-order valence-corrected chi connectivity index (χ1v) is 7.29. The Kier molecular flexibility index (Phi) is 5.74. The van der Waals surface area contributed by atoms with E-state index >= 15 is 0 Å². The van der Waals surface area contributed by atoms with Gasteiger partial charge in [0.1, 0.15) is 0 Å². The third-order valence-corrected chi connectivity index (χ3v) is 3.46. The molecule has 5 nitrogen and oxygen atoms in total. The highest BCUT2D eigenvalue weighted by Crippen LogP contribution is 2.26. The number of carbonyl (C=O) groups excluding carboxylic acids is 1. The first kappa shape index (κ1) is 16.5. The van der Waals surface area contributed by atoms with Crippen LogP contribution in [0, 0.1) is 0 Å². The number of ether oxygens (including phenoxy) is 1. The van der Waals surface area contributed by atoms with Gasteiger partial charge in [-0.3, -0.25) is 9.78 Å². The normalized spacial score (nSPS) is 10.7. The van der Waals surface area contributed by atoms with E-state index in [-0.39, 0.29) is 11.7 Å². The maximum Gasteiger partial charge on any atom is 0.246 e. The summed E-state index contributed by atoms with van der Waals surface area (Å²) in [5.41, 5.74) is 1.83. The predicted octanol–water partition coefficient (Wildman–Crippen LogP) is 2.51. The van der Waals surface area contributed by atoms with Crippen molar-refractivity contribution in [3.63, 3.8) is 0 Å². The Morgan fingerprint density at radius 2 is 2.22 bits per heavy atom. The predicted molar refractivity (Wildman–Crippen MR) is 89.3 cm³/mol. The van der Waals surface area contributed by atoms with Crippen molar-refractivity contribution < 1.29 is 14.6 Å². The minimum atomic E-state index is -0.0772. The highest BCUT2D eigenvalue weighted by molar-refractivity contribution is 5.91. The van der Waals surface area contributed by atoms with Crippen LogP contribution in [0.1, 0.15) is 11.1 Å². The molecule has 0 bridgehead atoms. The van der Waals surface area contributed by atoms with Gasteiger partial charge in [-0.2, -0.15) is 0 Å². The summed E-state index contributed by atoms with van der Waals surface area (Å²) in [4.78, 5) is 17.7. The van der Waals surface area contributed by atoms with Gasteiger partial charge >= 0.3 is 0 Å². The lowest BCUT2D eigenvalue weighted by Gasteiger charge is -2.15. The summed E-state index contributed by atoms with van der Waals surface area (Å²) in [7, 11) is 3.26. The Labute approximate surface area is 135 Å². The van der Waals surface area contributed by atoms with E-state index in [1.54, 1.807) is 42.6 Å². The van der Waals surface area contributed by atoms with Crippen LogP contribution in [-0.4, -0.2) is 41.6 Å². The topological polar surface area (TPSA) is 62.7 Å². The Bertz CT molecular complexity index is 684. The molecule has 0 fully saturated rings. The van der Waals surface area contributed by atoms with Crippen LogP contribution in [0.15, 0.2) is 48.8 Å². The van der Waals surface area contributed by atoms with Crippen molar-refractivity contribution in [3.8, 4) is 11.5 Å². The Hall–Kier alpha value is -2.82. The summed E-state index contributed by atoms with van der Waals surface area (Å²) < 4.78 is 5.01. The van der Waals surface area contributed by atoms with E-state index in [0.717, 1.165) is 11.1 Å². The molecule has 1 N–H and O–H groups in total. The number of aromatic nitrogens is 1. The molecule has 1 aromatic heterocycles. The van der Waals surface area contributed by atoms with Crippen molar-refractivity contribution in [1.29, 1.82) is 0 Å². The fraction of sp³-hybridized carbons (Fsp3) is 0.222. The number of carbonyl (C=O) groups is 1. The summed E-state index contributed by atoms with van der Waals surface area (Å²) in [5, 5.41) is 9.75. The van der Waals surface area contributed by atoms with Gasteiger partial charge in [-0.1, -0.05) is 12.1 Å².